The summed E-state index contributed by atoms with van der Waals surface area (Å²) in [5.74, 6) is -0.579. The van der Waals surface area contributed by atoms with Crippen LogP contribution in [0, 0.1) is 0 Å². The molecule has 0 aliphatic carbocycles. The number of halogens is 1. The van der Waals surface area contributed by atoms with E-state index in [1.807, 2.05) is 18.2 Å². The maximum Gasteiger partial charge on any atom is 0.325 e. The summed E-state index contributed by atoms with van der Waals surface area (Å²) >= 11 is 3.42. The molecule has 2 aliphatic rings. The number of amides is 4. The standard InChI is InChI=1S/C16H18BrN3O3/c1-16(11-6-2-3-7-12(11)17)14(22)20(15(23)18-16)10-13(21)19-8-4-5-9-19/h2-3,6-7H,4-5,8-10H2,1H3,(H,18,23)/t16-/m1/s1. The van der Waals surface area contributed by atoms with Gasteiger partial charge in [0.1, 0.15) is 12.1 Å². The number of carbonyl (C=O) groups is 3. The minimum absolute atomic E-state index is 0.178. The van der Waals surface area contributed by atoms with Gasteiger partial charge in [-0.1, -0.05) is 34.1 Å². The Morgan fingerprint density at radius 3 is 2.57 bits per heavy atom. The molecule has 1 aromatic rings. The zero-order valence-corrected chi connectivity index (χ0v) is 14.4. The average Bonchev–Trinajstić information content (AvgIpc) is 3.12. The molecule has 2 heterocycles. The first-order valence-electron chi connectivity index (χ1n) is 7.60. The highest BCUT2D eigenvalue weighted by molar-refractivity contribution is 9.10. The van der Waals surface area contributed by atoms with Gasteiger partial charge in [-0.05, 0) is 25.8 Å². The van der Waals surface area contributed by atoms with E-state index >= 15 is 0 Å². The molecule has 2 saturated heterocycles. The highest BCUT2D eigenvalue weighted by atomic mass is 79.9. The first kappa shape index (κ1) is 16.0. The summed E-state index contributed by atoms with van der Waals surface area (Å²) in [6.45, 7) is 2.85. The highest BCUT2D eigenvalue weighted by Gasteiger charge is 2.50. The third-order valence-corrected chi connectivity index (χ3v) is 5.13. The van der Waals surface area contributed by atoms with Crippen LogP contribution in [-0.4, -0.2) is 47.3 Å². The van der Waals surface area contributed by atoms with Crippen molar-refractivity contribution < 1.29 is 14.4 Å². The van der Waals surface area contributed by atoms with Gasteiger partial charge < -0.3 is 10.2 Å². The lowest BCUT2D eigenvalue weighted by Crippen LogP contribution is -2.44. The van der Waals surface area contributed by atoms with E-state index in [9.17, 15) is 14.4 Å². The summed E-state index contributed by atoms with van der Waals surface area (Å²) in [5, 5.41) is 2.72. The maximum atomic E-state index is 12.8. The molecular weight excluding hydrogens is 362 g/mol. The van der Waals surface area contributed by atoms with Crippen molar-refractivity contribution >= 4 is 33.8 Å². The van der Waals surface area contributed by atoms with Crippen molar-refractivity contribution in [2.75, 3.05) is 19.6 Å². The summed E-state index contributed by atoms with van der Waals surface area (Å²) in [5.41, 5.74) is -0.489. The Morgan fingerprint density at radius 2 is 1.91 bits per heavy atom. The van der Waals surface area contributed by atoms with Gasteiger partial charge >= 0.3 is 6.03 Å². The van der Waals surface area contributed by atoms with Crippen molar-refractivity contribution in [1.29, 1.82) is 0 Å². The quantitative estimate of drug-likeness (QED) is 0.814. The van der Waals surface area contributed by atoms with E-state index in [4.69, 9.17) is 0 Å². The van der Waals surface area contributed by atoms with Gasteiger partial charge in [-0.15, -0.1) is 0 Å². The topological polar surface area (TPSA) is 69.7 Å². The van der Waals surface area contributed by atoms with Crippen molar-refractivity contribution in [2.24, 2.45) is 0 Å². The Bertz CT molecular complexity index is 672. The van der Waals surface area contributed by atoms with Crippen LogP contribution in [0.25, 0.3) is 0 Å². The number of hydrogen-bond donors (Lipinski definition) is 1. The van der Waals surface area contributed by atoms with E-state index in [0.717, 1.165) is 22.2 Å². The Labute approximate surface area is 142 Å². The average molecular weight is 380 g/mol. The van der Waals surface area contributed by atoms with E-state index in [1.54, 1.807) is 17.9 Å². The van der Waals surface area contributed by atoms with Gasteiger partial charge in [-0.3, -0.25) is 14.5 Å². The van der Waals surface area contributed by atoms with Crippen molar-refractivity contribution in [2.45, 2.75) is 25.3 Å². The molecule has 122 valence electrons. The van der Waals surface area contributed by atoms with Crippen molar-refractivity contribution in [3.63, 3.8) is 0 Å². The van der Waals surface area contributed by atoms with E-state index in [1.165, 1.54) is 0 Å². The Kier molecular flexibility index (Phi) is 4.14. The molecule has 1 aromatic carbocycles. The van der Waals surface area contributed by atoms with Crippen LogP contribution in [-0.2, 0) is 15.1 Å². The van der Waals surface area contributed by atoms with E-state index < -0.39 is 17.5 Å². The lowest BCUT2D eigenvalue weighted by Gasteiger charge is -2.24. The molecule has 0 spiro atoms. The van der Waals surface area contributed by atoms with Crippen molar-refractivity contribution in [1.82, 2.24) is 15.1 Å². The van der Waals surface area contributed by atoms with Crippen LogP contribution < -0.4 is 5.32 Å². The van der Waals surface area contributed by atoms with Gasteiger partial charge in [0, 0.05) is 23.1 Å². The molecule has 0 unspecified atom stereocenters. The molecule has 3 rings (SSSR count). The monoisotopic (exact) mass is 379 g/mol. The lowest BCUT2D eigenvalue weighted by molar-refractivity contribution is -0.138. The molecule has 0 bridgehead atoms. The van der Waals surface area contributed by atoms with Gasteiger partial charge in [0.15, 0.2) is 0 Å². The summed E-state index contributed by atoms with van der Waals surface area (Å²) in [6, 6.07) is 6.72. The summed E-state index contributed by atoms with van der Waals surface area (Å²) < 4.78 is 0.740. The number of hydrogen-bond acceptors (Lipinski definition) is 3. The number of nitrogens with one attached hydrogen (secondary N) is 1. The molecule has 1 N–H and O–H groups in total. The molecule has 1 atom stereocenters. The molecule has 7 heteroatoms. The Hall–Kier alpha value is -1.89. The number of imide groups is 1. The van der Waals surface area contributed by atoms with Crippen molar-refractivity contribution in [3.8, 4) is 0 Å². The van der Waals surface area contributed by atoms with Gasteiger partial charge in [0.2, 0.25) is 5.91 Å². The van der Waals surface area contributed by atoms with Crippen LogP contribution in [0.5, 0.6) is 0 Å². The summed E-state index contributed by atoms with van der Waals surface area (Å²) in [4.78, 5) is 40.0. The molecule has 23 heavy (non-hydrogen) atoms. The van der Waals surface area contributed by atoms with Crippen LogP contribution >= 0.6 is 15.9 Å². The minimum Gasteiger partial charge on any atom is -0.341 e. The molecule has 0 aromatic heterocycles. The third kappa shape index (κ3) is 2.73. The fourth-order valence-corrected chi connectivity index (χ4v) is 3.77. The number of rotatable bonds is 3. The van der Waals surface area contributed by atoms with Crippen LogP contribution in [0.15, 0.2) is 28.7 Å². The fraction of sp³-hybridized carbons (Fsp3) is 0.438. The van der Waals surface area contributed by atoms with Crippen LogP contribution in [0.4, 0.5) is 4.79 Å². The second-order valence-corrected chi connectivity index (χ2v) is 6.87. The first-order valence-corrected chi connectivity index (χ1v) is 8.39. The Balaban J connectivity index is 1.82. The maximum absolute atomic E-state index is 12.8. The minimum atomic E-state index is -1.16. The van der Waals surface area contributed by atoms with Crippen LogP contribution in [0.3, 0.4) is 0 Å². The fourth-order valence-electron chi connectivity index (χ4n) is 3.09. The number of nitrogens with zero attached hydrogens (tertiary/aromatic N) is 2. The molecule has 2 fully saturated rings. The summed E-state index contributed by atoms with van der Waals surface area (Å²) in [7, 11) is 0. The van der Waals surface area contributed by atoms with Crippen LogP contribution in [0.2, 0.25) is 0 Å². The molecule has 0 radical (unpaired) electrons. The van der Waals surface area contributed by atoms with E-state index in [0.29, 0.717) is 18.7 Å². The van der Waals surface area contributed by atoms with E-state index in [2.05, 4.69) is 21.2 Å². The van der Waals surface area contributed by atoms with E-state index in [-0.39, 0.29) is 12.5 Å². The van der Waals surface area contributed by atoms with Gasteiger partial charge in [0.25, 0.3) is 5.91 Å². The number of carbonyl (C=O) groups excluding carboxylic acids is 3. The molecular formula is C16H18BrN3O3. The zero-order chi connectivity index (χ0) is 16.6. The molecule has 0 saturated carbocycles. The smallest absolute Gasteiger partial charge is 0.325 e. The number of benzene rings is 1. The second kappa shape index (κ2) is 5.96. The first-order chi connectivity index (χ1) is 10.9. The normalized spacial score (nSPS) is 24.3. The van der Waals surface area contributed by atoms with Crippen LogP contribution in [0.1, 0.15) is 25.3 Å². The van der Waals surface area contributed by atoms with Gasteiger partial charge in [0.05, 0.1) is 0 Å². The zero-order valence-electron chi connectivity index (χ0n) is 12.8. The second-order valence-electron chi connectivity index (χ2n) is 6.01. The Morgan fingerprint density at radius 1 is 1.26 bits per heavy atom. The predicted octanol–water partition coefficient (Wildman–Crippen LogP) is 1.84. The largest absolute Gasteiger partial charge is 0.341 e. The molecule has 2 aliphatic heterocycles. The SMILES string of the molecule is C[C@]1(c2ccccc2Br)NC(=O)N(CC(=O)N2CCCC2)C1=O. The number of likely N-dealkylation sites (tertiary alicyclic amines) is 1. The molecule has 4 amide bonds. The lowest BCUT2D eigenvalue weighted by atomic mass is 9.92. The van der Waals surface area contributed by atoms with Crippen molar-refractivity contribution in [3.05, 3.63) is 34.3 Å². The third-order valence-electron chi connectivity index (χ3n) is 4.44. The molecule has 6 nitrogen and oxygen atoms in total. The van der Waals surface area contributed by atoms with Gasteiger partial charge in [-0.25, -0.2) is 4.79 Å². The predicted molar refractivity (Wildman–Crippen MR) is 87.6 cm³/mol. The highest BCUT2D eigenvalue weighted by Crippen LogP contribution is 2.33. The summed E-state index contributed by atoms with van der Waals surface area (Å²) in [6.07, 6.45) is 1.95. The number of urea groups is 1. The van der Waals surface area contributed by atoms with Gasteiger partial charge in [-0.2, -0.15) is 0 Å².